The number of fused-ring (bicyclic) bond motifs is 3. The molecule has 1 aromatic rings. The van der Waals surface area contributed by atoms with Gasteiger partial charge in [0.25, 0.3) is 0 Å². The van der Waals surface area contributed by atoms with Crippen LogP contribution < -0.4 is 0 Å². The molecule has 7 atom stereocenters. The van der Waals surface area contributed by atoms with Gasteiger partial charge in [0.15, 0.2) is 0 Å². The number of epoxide rings is 1. The first kappa shape index (κ1) is 14.4. The molecule has 0 aromatic heterocycles. The molecule has 0 amide bonds. The van der Waals surface area contributed by atoms with E-state index in [0.29, 0.717) is 42.2 Å². The SMILES string of the molecule is C[C@H]1[C@H](COCc2ccccc2)[C@H]2[C@@H](C(=O)C[C@@H]2C)[C@H]2O[C@@H]12. The number of ketones is 1. The summed E-state index contributed by atoms with van der Waals surface area (Å²) >= 11 is 0. The molecule has 0 unspecified atom stereocenters. The van der Waals surface area contributed by atoms with E-state index < -0.39 is 0 Å². The van der Waals surface area contributed by atoms with E-state index in [4.69, 9.17) is 9.47 Å². The predicted molar refractivity (Wildman–Crippen MR) is 83.2 cm³/mol. The first-order chi connectivity index (χ1) is 10.7. The molecular formula is C19H24O3. The maximum Gasteiger partial charge on any atom is 0.139 e. The van der Waals surface area contributed by atoms with Crippen molar-refractivity contribution in [3.05, 3.63) is 35.9 Å². The summed E-state index contributed by atoms with van der Waals surface area (Å²) in [6.07, 6.45) is 1.23. The molecule has 2 saturated carbocycles. The van der Waals surface area contributed by atoms with Crippen LogP contribution in [0.15, 0.2) is 30.3 Å². The van der Waals surface area contributed by atoms with Gasteiger partial charge < -0.3 is 9.47 Å². The fraction of sp³-hybridized carbons (Fsp3) is 0.632. The summed E-state index contributed by atoms with van der Waals surface area (Å²) in [6, 6.07) is 10.3. The molecule has 0 spiro atoms. The van der Waals surface area contributed by atoms with Gasteiger partial charge in [-0.05, 0) is 29.2 Å². The van der Waals surface area contributed by atoms with Gasteiger partial charge in [0, 0.05) is 12.3 Å². The number of Topliss-reactive ketones (excluding diaryl/α,β-unsaturated/α-hetero) is 1. The molecule has 3 nitrogen and oxygen atoms in total. The number of benzene rings is 1. The second-order valence-electron chi connectivity index (χ2n) is 7.34. The average Bonchev–Trinajstić information content (AvgIpc) is 3.25. The lowest BCUT2D eigenvalue weighted by Crippen LogP contribution is -2.42. The summed E-state index contributed by atoms with van der Waals surface area (Å²) < 4.78 is 11.9. The molecule has 0 N–H and O–H groups in total. The average molecular weight is 300 g/mol. The van der Waals surface area contributed by atoms with Crippen LogP contribution in [0.25, 0.3) is 0 Å². The van der Waals surface area contributed by atoms with Gasteiger partial charge in [-0.1, -0.05) is 44.2 Å². The summed E-state index contributed by atoms with van der Waals surface area (Å²) in [5.74, 6) is 2.42. The Morgan fingerprint density at radius 1 is 1.18 bits per heavy atom. The summed E-state index contributed by atoms with van der Waals surface area (Å²) in [5.41, 5.74) is 1.21. The first-order valence-corrected chi connectivity index (χ1v) is 8.46. The monoisotopic (exact) mass is 300 g/mol. The molecule has 3 fully saturated rings. The minimum atomic E-state index is 0.140. The van der Waals surface area contributed by atoms with Crippen LogP contribution in [0.1, 0.15) is 25.8 Å². The lowest BCUT2D eigenvalue weighted by molar-refractivity contribution is -0.122. The molecule has 0 radical (unpaired) electrons. The van der Waals surface area contributed by atoms with Crippen molar-refractivity contribution in [3.63, 3.8) is 0 Å². The minimum Gasteiger partial charge on any atom is -0.376 e. The molecule has 1 saturated heterocycles. The molecule has 0 bridgehead atoms. The van der Waals surface area contributed by atoms with Gasteiger partial charge in [0.2, 0.25) is 0 Å². The van der Waals surface area contributed by atoms with Crippen LogP contribution in [-0.4, -0.2) is 24.6 Å². The van der Waals surface area contributed by atoms with E-state index in [9.17, 15) is 4.79 Å². The third-order valence-corrected chi connectivity index (χ3v) is 5.99. The third kappa shape index (κ3) is 2.31. The molecular weight excluding hydrogens is 276 g/mol. The molecule has 22 heavy (non-hydrogen) atoms. The second-order valence-corrected chi connectivity index (χ2v) is 7.34. The molecule has 3 heteroatoms. The standard InChI is InChI=1S/C19H24O3/c1-11-8-15(20)17-16(11)14(12(2)18-19(17)22-18)10-21-9-13-6-4-3-5-7-13/h3-7,11-12,14,16-19H,8-10H2,1-2H3/t11-,12-,14-,16-,17+,18-,19+/m0/s1. The van der Waals surface area contributed by atoms with E-state index >= 15 is 0 Å². The van der Waals surface area contributed by atoms with Crippen molar-refractivity contribution in [3.8, 4) is 0 Å². The molecule has 1 aliphatic heterocycles. The summed E-state index contributed by atoms with van der Waals surface area (Å²) in [7, 11) is 0. The normalized spacial score (nSPS) is 42.8. The molecule has 3 aliphatic rings. The maximum atomic E-state index is 12.3. The van der Waals surface area contributed by atoms with E-state index in [2.05, 4.69) is 26.0 Å². The van der Waals surface area contributed by atoms with Crippen molar-refractivity contribution in [1.82, 2.24) is 0 Å². The van der Waals surface area contributed by atoms with Crippen molar-refractivity contribution in [2.45, 2.75) is 39.1 Å². The Kier molecular flexibility index (Phi) is 3.58. The Balaban J connectivity index is 1.44. The summed E-state index contributed by atoms with van der Waals surface area (Å²) in [6.45, 7) is 5.88. The first-order valence-electron chi connectivity index (χ1n) is 8.46. The van der Waals surface area contributed by atoms with Crippen LogP contribution in [0.5, 0.6) is 0 Å². The Bertz CT molecular complexity index is 555. The van der Waals surface area contributed by atoms with E-state index in [1.807, 2.05) is 18.2 Å². The molecule has 1 heterocycles. The number of carbonyl (C=O) groups excluding carboxylic acids is 1. The number of carbonyl (C=O) groups is 1. The number of ether oxygens (including phenoxy) is 2. The van der Waals surface area contributed by atoms with E-state index in [1.165, 1.54) is 5.56 Å². The second kappa shape index (κ2) is 5.47. The Hall–Kier alpha value is -1.19. The van der Waals surface area contributed by atoms with Crippen LogP contribution in [0.4, 0.5) is 0 Å². The number of rotatable bonds is 4. The van der Waals surface area contributed by atoms with Crippen LogP contribution >= 0.6 is 0 Å². The van der Waals surface area contributed by atoms with Gasteiger partial charge in [0.1, 0.15) is 5.78 Å². The van der Waals surface area contributed by atoms with Crippen molar-refractivity contribution in [2.75, 3.05) is 6.61 Å². The smallest absolute Gasteiger partial charge is 0.139 e. The quantitative estimate of drug-likeness (QED) is 0.802. The highest BCUT2D eigenvalue weighted by Crippen LogP contribution is 2.56. The Labute approximate surface area is 132 Å². The number of hydrogen-bond acceptors (Lipinski definition) is 3. The fourth-order valence-corrected chi connectivity index (χ4v) is 4.84. The zero-order valence-corrected chi connectivity index (χ0v) is 13.3. The highest BCUT2D eigenvalue weighted by Gasteiger charge is 2.64. The zero-order valence-electron chi connectivity index (χ0n) is 13.3. The van der Waals surface area contributed by atoms with Crippen molar-refractivity contribution < 1.29 is 14.3 Å². The van der Waals surface area contributed by atoms with Crippen LogP contribution in [0, 0.1) is 29.6 Å². The topological polar surface area (TPSA) is 38.8 Å². The van der Waals surface area contributed by atoms with Gasteiger partial charge in [0.05, 0.1) is 25.4 Å². The van der Waals surface area contributed by atoms with Crippen LogP contribution in [0.2, 0.25) is 0 Å². The van der Waals surface area contributed by atoms with Gasteiger partial charge in [-0.3, -0.25) is 4.79 Å². The van der Waals surface area contributed by atoms with Crippen molar-refractivity contribution in [2.24, 2.45) is 29.6 Å². The molecule has 2 aliphatic carbocycles. The predicted octanol–water partition coefficient (Wildman–Crippen LogP) is 3.08. The van der Waals surface area contributed by atoms with E-state index in [1.54, 1.807) is 0 Å². The molecule has 118 valence electrons. The van der Waals surface area contributed by atoms with Gasteiger partial charge in [-0.15, -0.1) is 0 Å². The lowest BCUT2D eigenvalue weighted by Gasteiger charge is -2.37. The summed E-state index contributed by atoms with van der Waals surface area (Å²) in [4.78, 5) is 12.3. The highest BCUT2D eigenvalue weighted by molar-refractivity contribution is 5.85. The van der Waals surface area contributed by atoms with Gasteiger partial charge in [-0.25, -0.2) is 0 Å². The van der Waals surface area contributed by atoms with Gasteiger partial charge >= 0.3 is 0 Å². The van der Waals surface area contributed by atoms with Crippen LogP contribution in [0.3, 0.4) is 0 Å². The van der Waals surface area contributed by atoms with Crippen LogP contribution in [-0.2, 0) is 20.9 Å². The number of hydrogen-bond donors (Lipinski definition) is 0. The van der Waals surface area contributed by atoms with Crippen molar-refractivity contribution in [1.29, 1.82) is 0 Å². The fourth-order valence-electron chi connectivity index (χ4n) is 4.84. The van der Waals surface area contributed by atoms with Gasteiger partial charge in [-0.2, -0.15) is 0 Å². The highest BCUT2D eigenvalue weighted by atomic mass is 16.6. The molecule has 4 rings (SSSR count). The molecule has 1 aromatic carbocycles. The van der Waals surface area contributed by atoms with Crippen molar-refractivity contribution >= 4 is 5.78 Å². The summed E-state index contributed by atoms with van der Waals surface area (Å²) in [5, 5.41) is 0. The third-order valence-electron chi connectivity index (χ3n) is 5.99. The van der Waals surface area contributed by atoms with E-state index in [0.717, 1.165) is 13.0 Å². The largest absolute Gasteiger partial charge is 0.376 e. The lowest BCUT2D eigenvalue weighted by atomic mass is 9.66. The Morgan fingerprint density at radius 2 is 1.95 bits per heavy atom. The zero-order chi connectivity index (χ0) is 15.3. The van der Waals surface area contributed by atoms with E-state index in [-0.39, 0.29) is 12.0 Å². The Morgan fingerprint density at radius 3 is 2.73 bits per heavy atom. The maximum absolute atomic E-state index is 12.3. The minimum absolute atomic E-state index is 0.140.